The number of aliphatic hydroxyl groups excluding tert-OH is 1. The number of epoxide rings is 1. The molecule has 0 aliphatic carbocycles. The van der Waals surface area contributed by atoms with Crippen molar-refractivity contribution >= 4 is 17.4 Å². The first-order valence-electron chi connectivity index (χ1n) is 6.40. The molecule has 1 aromatic heterocycles. The SMILES string of the molecule is COC(CC1O[C@]1(C)CO)/C(C)=C/c1csc(C)n1. The largest absolute Gasteiger partial charge is 0.393 e. The van der Waals surface area contributed by atoms with Gasteiger partial charge in [0, 0.05) is 18.9 Å². The summed E-state index contributed by atoms with van der Waals surface area (Å²) in [5.74, 6) is 0. The Morgan fingerprint density at radius 2 is 2.47 bits per heavy atom. The van der Waals surface area contributed by atoms with Gasteiger partial charge in [-0.05, 0) is 32.4 Å². The van der Waals surface area contributed by atoms with Crippen LogP contribution in [0.5, 0.6) is 0 Å². The Kier molecular flexibility index (Phi) is 4.40. The number of methoxy groups -OCH3 is 1. The van der Waals surface area contributed by atoms with Crippen LogP contribution in [0.2, 0.25) is 0 Å². The van der Waals surface area contributed by atoms with E-state index in [9.17, 15) is 5.11 Å². The molecule has 1 N–H and O–H groups in total. The minimum absolute atomic E-state index is 0.000353. The van der Waals surface area contributed by atoms with E-state index in [1.165, 1.54) is 0 Å². The van der Waals surface area contributed by atoms with Crippen LogP contribution in [-0.4, -0.2) is 41.6 Å². The third kappa shape index (κ3) is 3.42. The second kappa shape index (κ2) is 5.71. The van der Waals surface area contributed by atoms with Gasteiger partial charge in [0.05, 0.1) is 29.5 Å². The molecule has 106 valence electrons. The summed E-state index contributed by atoms with van der Waals surface area (Å²) in [6.07, 6.45) is 2.89. The Hall–Kier alpha value is -0.750. The second-order valence-corrected chi connectivity index (χ2v) is 6.28. The first-order valence-corrected chi connectivity index (χ1v) is 7.28. The summed E-state index contributed by atoms with van der Waals surface area (Å²) in [6.45, 7) is 6.02. The molecule has 0 aromatic carbocycles. The van der Waals surface area contributed by atoms with Crippen molar-refractivity contribution in [1.29, 1.82) is 0 Å². The van der Waals surface area contributed by atoms with Crippen LogP contribution in [0.3, 0.4) is 0 Å². The maximum atomic E-state index is 9.21. The highest BCUT2D eigenvalue weighted by molar-refractivity contribution is 7.09. The number of hydrogen-bond donors (Lipinski definition) is 1. The van der Waals surface area contributed by atoms with Crippen LogP contribution in [0.1, 0.15) is 31.0 Å². The lowest BCUT2D eigenvalue weighted by Gasteiger charge is -2.15. The monoisotopic (exact) mass is 283 g/mol. The third-order valence-corrected chi connectivity index (χ3v) is 4.37. The summed E-state index contributed by atoms with van der Waals surface area (Å²) >= 11 is 1.64. The smallest absolute Gasteiger partial charge is 0.115 e. The fourth-order valence-corrected chi connectivity index (χ4v) is 2.73. The lowest BCUT2D eigenvalue weighted by Crippen LogP contribution is -2.21. The van der Waals surface area contributed by atoms with Crippen LogP contribution >= 0.6 is 11.3 Å². The number of aliphatic hydroxyl groups is 1. The van der Waals surface area contributed by atoms with E-state index in [2.05, 4.69) is 11.1 Å². The topological polar surface area (TPSA) is 54.9 Å². The van der Waals surface area contributed by atoms with Gasteiger partial charge in [0.25, 0.3) is 0 Å². The van der Waals surface area contributed by atoms with Gasteiger partial charge in [0.1, 0.15) is 5.60 Å². The lowest BCUT2D eigenvalue weighted by molar-refractivity contribution is 0.116. The molecule has 1 aliphatic rings. The van der Waals surface area contributed by atoms with Gasteiger partial charge >= 0.3 is 0 Å². The maximum absolute atomic E-state index is 9.21. The minimum atomic E-state index is -0.381. The molecule has 19 heavy (non-hydrogen) atoms. The molecule has 0 saturated carbocycles. The fraction of sp³-hybridized carbons (Fsp3) is 0.643. The van der Waals surface area contributed by atoms with Gasteiger partial charge in [0.15, 0.2) is 0 Å². The van der Waals surface area contributed by atoms with Crippen LogP contribution in [-0.2, 0) is 9.47 Å². The van der Waals surface area contributed by atoms with Gasteiger partial charge < -0.3 is 14.6 Å². The van der Waals surface area contributed by atoms with Gasteiger partial charge in [0.2, 0.25) is 0 Å². The predicted molar refractivity (Wildman–Crippen MR) is 76.3 cm³/mol. The molecule has 0 amide bonds. The zero-order chi connectivity index (χ0) is 14.0. The molecule has 2 rings (SSSR count). The number of nitrogens with zero attached hydrogens (tertiary/aromatic N) is 1. The van der Waals surface area contributed by atoms with Gasteiger partial charge in [-0.15, -0.1) is 11.3 Å². The predicted octanol–water partition coefficient (Wildman–Crippen LogP) is 2.41. The summed E-state index contributed by atoms with van der Waals surface area (Å²) in [5.41, 5.74) is 1.72. The highest BCUT2D eigenvalue weighted by atomic mass is 32.1. The van der Waals surface area contributed by atoms with Crippen LogP contribution in [0, 0.1) is 6.92 Å². The molecule has 1 aromatic rings. The highest BCUT2D eigenvalue weighted by Crippen LogP contribution is 2.39. The Labute approximate surface area is 118 Å². The summed E-state index contributed by atoms with van der Waals surface area (Å²) < 4.78 is 11.0. The van der Waals surface area contributed by atoms with Crippen LogP contribution < -0.4 is 0 Å². The van der Waals surface area contributed by atoms with Gasteiger partial charge in [-0.1, -0.05) is 0 Å². The Morgan fingerprint density at radius 3 is 2.95 bits per heavy atom. The van der Waals surface area contributed by atoms with E-state index >= 15 is 0 Å². The van der Waals surface area contributed by atoms with E-state index in [1.807, 2.05) is 26.2 Å². The van der Waals surface area contributed by atoms with Crippen molar-refractivity contribution in [3.8, 4) is 0 Å². The van der Waals surface area contributed by atoms with Crippen molar-refractivity contribution in [2.75, 3.05) is 13.7 Å². The van der Waals surface area contributed by atoms with E-state index < -0.39 is 0 Å². The Bertz CT molecular complexity index is 471. The molecule has 1 fully saturated rings. The number of thiazole rings is 1. The number of aromatic nitrogens is 1. The second-order valence-electron chi connectivity index (χ2n) is 5.22. The maximum Gasteiger partial charge on any atom is 0.115 e. The number of rotatable bonds is 6. The molecule has 0 radical (unpaired) electrons. The van der Waals surface area contributed by atoms with Crippen molar-refractivity contribution in [2.24, 2.45) is 0 Å². The minimum Gasteiger partial charge on any atom is -0.393 e. The summed E-state index contributed by atoms with van der Waals surface area (Å²) in [7, 11) is 1.70. The van der Waals surface area contributed by atoms with Crippen molar-refractivity contribution < 1.29 is 14.6 Å². The Morgan fingerprint density at radius 1 is 1.74 bits per heavy atom. The van der Waals surface area contributed by atoms with Crippen molar-refractivity contribution in [3.05, 3.63) is 21.7 Å². The molecule has 5 heteroatoms. The zero-order valence-electron chi connectivity index (χ0n) is 11.8. The van der Waals surface area contributed by atoms with E-state index in [0.29, 0.717) is 0 Å². The molecule has 3 atom stereocenters. The molecule has 0 spiro atoms. The third-order valence-electron chi connectivity index (χ3n) is 3.58. The summed E-state index contributed by atoms with van der Waals surface area (Å²) in [5, 5.41) is 12.3. The zero-order valence-corrected chi connectivity index (χ0v) is 12.7. The summed E-state index contributed by atoms with van der Waals surface area (Å²) in [4.78, 5) is 4.42. The molecular weight excluding hydrogens is 262 g/mol. The molecule has 2 unspecified atom stereocenters. The van der Waals surface area contributed by atoms with Crippen LogP contribution in [0.25, 0.3) is 6.08 Å². The van der Waals surface area contributed by atoms with Gasteiger partial charge in [-0.2, -0.15) is 0 Å². The van der Waals surface area contributed by atoms with Crippen LogP contribution in [0.4, 0.5) is 0 Å². The van der Waals surface area contributed by atoms with Gasteiger partial charge in [-0.3, -0.25) is 0 Å². The number of hydrogen-bond acceptors (Lipinski definition) is 5. The van der Waals surface area contributed by atoms with Crippen molar-refractivity contribution in [3.63, 3.8) is 0 Å². The first kappa shape index (κ1) is 14.7. The molecular formula is C14H21NO3S. The standard InChI is InChI=1S/C14H21NO3S/c1-9(5-11-7-19-10(2)15-11)12(17-4)6-13-14(3,8-16)18-13/h5,7,12-13,16H,6,8H2,1-4H3/b9-5+/t12?,13?,14-/m1/s1. The summed E-state index contributed by atoms with van der Waals surface area (Å²) in [6, 6.07) is 0. The average Bonchev–Trinajstić information content (AvgIpc) is 2.85. The highest BCUT2D eigenvalue weighted by Gasteiger charge is 2.52. The number of aryl methyl sites for hydroxylation is 1. The van der Waals surface area contributed by atoms with Gasteiger partial charge in [-0.25, -0.2) is 4.98 Å². The Balaban J connectivity index is 2.00. The quantitative estimate of drug-likeness (QED) is 0.815. The fourth-order valence-electron chi connectivity index (χ4n) is 2.16. The molecule has 1 saturated heterocycles. The van der Waals surface area contributed by atoms with E-state index in [0.717, 1.165) is 22.7 Å². The van der Waals surface area contributed by atoms with Crippen molar-refractivity contribution in [1.82, 2.24) is 4.98 Å². The molecule has 1 aliphatic heterocycles. The van der Waals surface area contributed by atoms with Crippen molar-refractivity contribution in [2.45, 2.75) is 45.0 Å². The molecule has 2 heterocycles. The normalized spacial score (nSPS) is 28.5. The van der Waals surface area contributed by atoms with E-state index in [4.69, 9.17) is 9.47 Å². The number of ether oxygens (including phenoxy) is 2. The van der Waals surface area contributed by atoms with Crippen LogP contribution in [0.15, 0.2) is 11.0 Å². The average molecular weight is 283 g/mol. The molecule has 4 nitrogen and oxygen atoms in total. The van der Waals surface area contributed by atoms with E-state index in [1.54, 1.807) is 18.4 Å². The first-order chi connectivity index (χ1) is 8.98. The lowest BCUT2D eigenvalue weighted by atomic mass is 9.99. The van der Waals surface area contributed by atoms with E-state index in [-0.39, 0.29) is 24.4 Å². The molecule has 0 bridgehead atoms.